The van der Waals surface area contributed by atoms with Crippen molar-refractivity contribution in [3.63, 3.8) is 0 Å². The third-order valence-electron chi connectivity index (χ3n) is 6.31. The molecule has 33 heavy (non-hydrogen) atoms. The predicted octanol–water partition coefficient (Wildman–Crippen LogP) is 4.50. The van der Waals surface area contributed by atoms with Crippen LogP contribution in [0.15, 0.2) is 53.4 Å². The van der Waals surface area contributed by atoms with Crippen molar-refractivity contribution in [3.8, 4) is 11.5 Å². The van der Waals surface area contributed by atoms with Crippen molar-refractivity contribution in [1.29, 1.82) is 0 Å². The molecule has 0 bridgehead atoms. The second-order valence-electron chi connectivity index (χ2n) is 8.36. The quantitative estimate of drug-likeness (QED) is 0.554. The smallest absolute Gasteiger partial charge is 0.248 e. The van der Waals surface area contributed by atoms with E-state index < -0.39 is 20.5 Å². The van der Waals surface area contributed by atoms with E-state index in [1.54, 1.807) is 30.3 Å². The van der Waals surface area contributed by atoms with Gasteiger partial charge in [0.2, 0.25) is 12.7 Å². The van der Waals surface area contributed by atoms with E-state index in [1.807, 2.05) is 25.1 Å². The molecule has 0 spiro atoms. The molecule has 2 heterocycles. The number of hydrogen-bond donors (Lipinski definition) is 1. The lowest BCUT2D eigenvalue weighted by Gasteiger charge is -2.27. The number of carbonyl (C=O) groups excluding carboxylic acids is 1. The Morgan fingerprint density at radius 2 is 1.82 bits per heavy atom. The van der Waals surface area contributed by atoms with E-state index in [2.05, 4.69) is 10.3 Å². The molecular formula is C24H24N2O5S2. The summed E-state index contributed by atoms with van der Waals surface area (Å²) >= 11 is 1.37. The molecule has 2 aliphatic rings. The van der Waals surface area contributed by atoms with Crippen LogP contribution < -0.4 is 14.8 Å². The monoisotopic (exact) mass is 484 g/mol. The molecule has 2 aromatic carbocycles. The molecule has 1 N–H and O–H groups in total. The van der Waals surface area contributed by atoms with Crippen LogP contribution in [-0.4, -0.2) is 30.8 Å². The van der Waals surface area contributed by atoms with Gasteiger partial charge in [-0.3, -0.25) is 4.79 Å². The van der Waals surface area contributed by atoms with Gasteiger partial charge in [0.1, 0.15) is 0 Å². The SMILES string of the molecule is Cc1nc(NC(=O)C2(S(=O)(=O)c3ccccc3)CCCC2)sc1Cc1ccc2c(c1)OCO2. The molecule has 1 amide bonds. The van der Waals surface area contributed by atoms with Crippen molar-refractivity contribution < 1.29 is 22.7 Å². The van der Waals surface area contributed by atoms with Gasteiger partial charge in [-0.2, -0.15) is 0 Å². The number of carbonyl (C=O) groups is 1. The van der Waals surface area contributed by atoms with Crippen molar-refractivity contribution >= 4 is 32.2 Å². The highest BCUT2D eigenvalue weighted by molar-refractivity contribution is 7.93. The van der Waals surface area contributed by atoms with Crippen molar-refractivity contribution in [1.82, 2.24) is 4.98 Å². The fourth-order valence-corrected chi connectivity index (χ4v) is 7.56. The van der Waals surface area contributed by atoms with E-state index in [4.69, 9.17) is 9.47 Å². The van der Waals surface area contributed by atoms with Crippen molar-refractivity contribution in [3.05, 3.63) is 64.7 Å². The Morgan fingerprint density at radius 1 is 1.09 bits per heavy atom. The number of rotatable bonds is 6. The zero-order valence-electron chi connectivity index (χ0n) is 18.2. The summed E-state index contributed by atoms with van der Waals surface area (Å²) in [6.07, 6.45) is 2.65. The first kappa shape index (κ1) is 21.9. The molecule has 9 heteroatoms. The first-order valence-electron chi connectivity index (χ1n) is 10.8. The number of anilines is 1. The Kier molecular flexibility index (Phi) is 5.62. The maximum atomic E-state index is 13.5. The minimum absolute atomic E-state index is 0.181. The van der Waals surface area contributed by atoms with Gasteiger partial charge in [0.25, 0.3) is 0 Å². The van der Waals surface area contributed by atoms with Gasteiger partial charge in [-0.15, -0.1) is 11.3 Å². The first-order chi connectivity index (χ1) is 15.9. The molecule has 0 radical (unpaired) electrons. The summed E-state index contributed by atoms with van der Waals surface area (Å²) in [6, 6.07) is 14.0. The van der Waals surface area contributed by atoms with E-state index in [-0.39, 0.29) is 11.7 Å². The average molecular weight is 485 g/mol. The molecule has 1 aliphatic heterocycles. The van der Waals surface area contributed by atoms with Gasteiger partial charge in [0.15, 0.2) is 31.2 Å². The zero-order chi connectivity index (χ0) is 23.1. The van der Waals surface area contributed by atoms with Gasteiger partial charge in [0.05, 0.1) is 10.6 Å². The molecular weight excluding hydrogens is 460 g/mol. The lowest BCUT2D eigenvalue weighted by molar-refractivity contribution is -0.118. The van der Waals surface area contributed by atoms with Crippen LogP contribution in [0.2, 0.25) is 0 Å². The Bertz CT molecular complexity index is 1300. The van der Waals surface area contributed by atoms with Crippen LogP contribution >= 0.6 is 11.3 Å². The Labute approximate surface area is 196 Å². The standard InChI is InChI=1S/C24H24N2O5S2/c1-16-21(14-17-9-10-19-20(13-17)31-15-30-19)32-23(25-16)26-22(27)24(11-5-6-12-24)33(28,29)18-7-3-2-4-8-18/h2-4,7-10,13H,5-6,11-12,14-15H2,1H3,(H,25,26,27). The molecule has 0 unspecified atom stereocenters. The molecule has 1 aliphatic carbocycles. The minimum Gasteiger partial charge on any atom is -0.454 e. The summed E-state index contributed by atoms with van der Waals surface area (Å²) in [5.74, 6) is 0.957. The second-order valence-corrected chi connectivity index (χ2v) is 11.7. The maximum Gasteiger partial charge on any atom is 0.248 e. The second kappa shape index (κ2) is 8.46. The number of aromatic nitrogens is 1. The molecule has 7 nitrogen and oxygen atoms in total. The Hall–Kier alpha value is -2.91. The summed E-state index contributed by atoms with van der Waals surface area (Å²) in [5, 5.41) is 3.25. The third kappa shape index (κ3) is 3.89. The van der Waals surface area contributed by atoms with Gasteiger partial charge >= 0.3 is 0 Å². The van der Waals surface area contributed by atoms with Crippen LogP contribution in [0, 0.1) is 6.92 Å². The molecule has 0 saturated heterocycles. The number of sulfone groups is 1. The number of nitrogens with one attached hydrogen (secondary N) is 1. The van der Waals surface area contributed by atoms with Crippen molar-refractivity contribution in [2.45, 2.75) is 48.7 Å². The molecule has 1 saturated carbocycles. The minimum atomic E-state index is -3.84. The number of amides is 1. The van der Waals surface area contributed by atoms with Crippen LogP contribution in [0.25, 0.3) is 0 Å². The van der Waals surface area contributed by atoms with E-state index in [0.717, 1.165) is 27.6 Å². The van der Waals surface area contributed by atoms with Gasteiger partial charge < -0.3 is 14.8 Å². The first-order valence-corrected chi connectivity index (χ1v) is 13.1. The topological polar surface area (TPSA) is 94.6 Å². The lowest BCUT2D eigenvalue weighted by atomic mass is 10.1. The molecule has 172 valence electrons. The number of fused-ring (bicyclic) bond motifs is 1. The molecule has 3 aromatic rings. The van der Waals surface area contributed by atoms with Crippen molar-refractivity contribution in [2.24, 2.45) is 0 Å². The van der Waals surface area contributed by atoms with E-state index in [0.29, 0.717) is 37.2 Å². The fourth-order valence-electron chi connectivity index (χ4n) is 4.48. The van der Waals surface area contributed by atoms with Crippen LogP contribution in [-0.2, 0) is 21.1 Å². The summed E-state index contributed by atoms with van der Waals surface area (Å²) in [6.45, 7) is 2.11. The zero-order valence-corrected chi connectivity index (χ0v) is 19.8. The van der Waals surface area contributed by atoms with Crippen LogP contribution in [0.3, 0.4) is 0 Å². The number of thiazole rings is 1. The summed E-state index contributed by atoms with van der Waals surface area (Å²) in [5.41, 5.74) is 1.85. The molecule has 5 rings (SSSR count). The highest BCUT2D eigenvalue weighted by atomic mass is 32.2. The maximum absolute atomic E-state index is 13.5. The Balaban J connectivity index is 1.38. The molecule has 1 fully saturated rings. The lowest BCUT2D eigenvalue weighted by Crippen LogP contribution is -2.47. The fraction of sp³-hybridized carbons (Fsp3) is 0.333. The predicted molar refractivity (Wildman–Crippen MR) is 126 cm³/mol. The van der Waals surface area contributed by atoms with Gasteiger partial charge in [-0.05, 0) is 49.6 Å². The molecule has 1 aromatic heterocycles. The number of benzene rings is 2. The van der Waals surface area contributed by atoms with E-state index in [9.17, 15) is 13.2 Å². The Morgan fingerprint density at radius 3 is 2.58 bits per heavy atom. The highest BCUT2D eigenvalue weighted by Gasteiger charge is 2.53. The van der Waals surface area contributed by atoms with E-state index in [1.165, 1.54) is 11.3 Å². The van der Waals surface area contributed by atoms with Crippen LogP contribution in [0.5, 0.6) is 11.5 Å². The third-order valence-corrected chi connectivity index (χ3v) is 9.90. The summed E-state index contributed by atoms with van der Waals surface area (Å²) in [4.78, 5) is 19.1. The summed E-state index contributed by atoms with van der Waals surface area (Å²) < 4.78 is 36.3. The number of aryl methyl sites for hydroxylation is 1. The highest BCUT2D eigenvalue weighted by Crippen LogP contribution is 2.42. The normalized spacial score (nSPS) is 16.6. The number of nitrogens with zero attached hydrogens (tertiary/aromatic N) is 1. The van der Waals surface area contributed by atoms with Crippen LogP contribution in [0.1, 0.15) is 41.8 Å². The number of hydrogen-bond acceptors (Lipinski definition) is 7. The average Bonchev–Trinajstić information content (AvgIpc) is 3.55. The largest absolute Gasteiger partial charge is 0.454 e. The number of ether oxygens (including phenoxy) is 2. The van der Waals surface area contributed by atoms with Gasteiger partial charge in [-0.1, -0.05) is 37.1 Å². The molecule has 0 atom stereocenters. The van der Waals surface area contributed by atoms with E-state index >= 15 is 0 Å². The summed E-state index contributed by atoms with van der Waals surface area (Å²) in [7, 11) is -3.84. The van der Waals surface area contributed by atoms with Crippen LogP contribution in [0.4, 0.5) is 5.13 Å². The van der Waals surface area contributed by atoms with Crippen molar-refractivity contribution in [2.75, 3.05) is 12.1 Å². The van der Waals surface area contributed by atoms with Gasteiger partial charge in [-0.25, -0.2) is 13.4 Å². The van der Waals surface area contributed by atoms with Gasteiger partial charge in [0, 0.05) is 11.3 Å².